The van der Waals surface area contributed by atoms with E-state index in [-0.39, 0.29) is 0 Å². The number of nitrogens with zero attached hydrogens (tertiary/aromatic N) is 3. The maximum Gasteiger partial charge on any atom is 0.0910 e. The van der Waals surface area contributed by atoms with Crippen LogP contribution in [0, 0.1) is 6.92 Å². The summed E-state index contributed by atoms with van der Waals surface area (Å²) >= 11 is 12.5. The lowest BCUT2D eigenvalue weighted by molar-refractivity contribution is 0.552. The smallest absolute Gasteiger partial charge is 0.0910 e. The number of benzene rings is 2. The summed E-state index contributed by atoms with van der Waals surface area (Å²) < 4.78 is 0. The first kappa shape index (κ1) is 17.6. The molecule has 0 heterocycles. The molecular formula is C18H21Cl2N3. The van der Waals surface area contributed by atoms with Gasteiger partial charge in [-0.1, -0.05) is 23.2 Å². The van der Waals surface area contributed by atoms with Crippen molar-refractivity contribution < 1.29 is 0 Å². The van der Waals surface area contributed by atoms with Gasteiger partial charge in [-0.25, -0.2) is 4.99 Å². The summed E-state index contributed by atoms with van der Waals surface area (Å²) in [6.07, 6.45) is 1.80. The van der Waals surface area contributed by atoms with E-state index in [0.717, 1.165) is 29.2 Å². The van der Waals surface area contributed by atoms with E-state index in [1.165, 1.54) is 0 Å². The zero-order valence-corrected chi connectivity index (χ0v) is 15.4. The third kappa shape index (κ3) is 4.40. The van der Waals surface area contributed by atoms with Gasteiger partial charge in [0.15, 0.2) is 0 Å². The lowest BCUT2D eigenvalue weighted by Gasteiger charge is -2.22. The standard InChI is InChI=1S/C18H21Cl2N3/c1-5-22(3)12-21-16-10-13(2)11-17(18(16)20)23(4)15-8-6-14(19)7-9-15/h6-12H,5H2,1-4H3. The lowest BCUT2D eigenvalue weighted by atomic mass is 10.1. The average molecular weight is 350 g/mol. The molecule has 23 heavy (non-hydrogen) atoms. The number of rotatable bonds is 5. The molecule has 0 aliphatic rings. The Morgan fingerprint density at radius 2 is 1.74 bits per heavy atom. The molecule has 122 valence electrons. The number of aliphatic imine (C=N–C) groups is 1. The van der Waals surface area contributed by atoms with Crippen molar-refractivity contribution in [1.29, 1.82) is 0 Å². The van der Waals surface area contributed by atoms with Crippen LogP contribution < -0.4 is 4.90 Å². The molecule has 0 N–H and O–H groups in total. The molecule has 0 aliphatic carbocycles. The Balaban J connectivity index is 2.40. The highest BCUT2D eigenvalue weighted by Gasteiger charge is 2.13. The van der Waals surface area contributed by atoms with Crippen molar-refractivity contribution >= 4 is 46.6 Å². The van der Waals surface area contributed by atoms with Gasteiger partial charge in [0.25, 0.3) is 0 Å². The number of aryl methyl sites for hydroxylation is 1. The van der Waals surface area contributed by atoms with Gasteiger partial charge in [0.05, 0.1) is 22.7 Å². The van der Waals surface area contributed by atoms with Crippen LogP contribution in [0.25, 0.3) is 0 Å². The van der Waals surface area contributed by atoms with E-state index in [9.17, 15) is 0 Å². The van der Waals surface area contributed by atoms with Crippen LogP contribution in [0.2, 0.25) is 10.0 Å². The van der Waals surface area contributed by atoms with Crippen LogP contribution in [-0.2, 0) is 0 Å². The first-order chi connectivity index (χ1) is 10.9. The van der Waals surface area contributed by atoms with Crippen LogP contribution >= 0.6 is 23.2 Å². The predicted octanol–water partition coefficient (Wildman–Crippen LogP) is 5.68. The Morgan fingerprint density at radius 1 is 1.09 bits per heavy atom. The highest BCUT2D eigenvalue weighted by molar-refractivity contribution is 6.36. The van der Waals surface area contributed by atoms with Crippen LogP contribution in [0.4, 0.5) is 17.1 Å². The Labute approximate surface area is 148 Å². The van der Waals surface area contributed by atoms with Gasteiger partial charge >= 0.3 is 0 Å². The lowest BCUT2D eigenvalue weighted by Crippen LogP contribution is -2.14. The molecule has 2 aromatic rings. The van der Waals surface area contributed by atoms with Crippen molar-refractivity contribution in [3.63, 3.8) is 0 Å². The Kier molecular flexibility index (Phi) is 5.91. The minimum atomic E-state index is 0.633. The van der Waals surface area contributed by atoms with E-state index in [1.807, 2.05) is 61.2 Å². The summed E-state index contributed by atoms with van der Waals surface area (Å²) in [4.78, 5) is 8.55. The van der Waals surface area contributed by atoms with Gasteiger partial charge in [-0.2, -0.15) is 0 Å². The fourth-order valence-corrected chi connectivity index (χ4v) is 2.53. The summed E-state index contributed by atoms with van der Waals surface area (Å²) in [5.74, 6) is 0. The van der Waals surface area contributed by atoms with Crippen LogP contribution in [0.3, 0.4) is 0 Å². The first-order valence-corrected chi connectivity index (χ1v) is 8.21. The molecule has 5 heteroatoms. The molecule has 0 saturated carbocycles. The molecule has 0 spiro atoms. The molecule has 0 saturated heterocycles. The van der Waals surface area contributed by atoms with Gasteiger partial charge in [-0.15, -0.1) is 0 Å². The third-order valence-corrected chi connectivity index (χ3v) is 4.29. The normalized spacial score (nSPS) is 11.0. The first-order valence-electron chi connectivity index (χ1n) is 7.46. The van der Waals surface area contributed by atoms with Gasteiger partial charge in [0.1, 0.15) is 0 Å². The van der Waals surface area contributed by atoms with Gasteiger partial charge in [-0.05, 0) is 55.8 Å². The molecule has 0 aromatic heterocycles. The number of hydrogen-bond acceptors (Lipinski definition) is 2. The number of anilines is 2. The Bertz CT molecular complexity index is 696. The Hall–Kier alpha value is -1.71. The molecule has 0 aliphatic heterocycles. The van der Waals surface area contributed by atoms with E-state index in [4.69, 9.17) is 23.2 Å². The van der Waals surface area contributed by atoms with Crippen molar-refractivity contribution in [1.82, 2.24) is 4.90 Å². The Morgan fingerprint density at radius 3 is 2.35 bits per heavy atom. The fraction of sp³-hybridized carbons (Fsp3) is 0.278. The molecule has 3 nitrogen and oxygen atoms in total. The average Bonchev–Trinajstić information content (AvgIpc) is 2.55. The predicted molar refractivity (Wildman–Crippen MR) is 102 cm³/mol. The molecule has 0 fully saturated rings. The topological polar surface area (TPSA) is 18.8 Å². The summed E-state index contributed by atoms with van der Waals surface area (Å²) in [6, 6.07) is 11.7. The van der Waals surface area contributed by atoms with Crippen molar-refractivity contribution in [2.75, 3.05) is 25.5 Å². The number of hydrogen-bond donors (Lipinski definition) is 0. The molecule has 0 bridgehead atoms. The van der Waals surface area contributed by atoms with Gasteiger partial charge < -0.3 is 9.80 Å². The van der Waals surface area contributed by atoms with Gasteiger partial charge in [-0.3, -0.25) is 0 Å². The van der Waals surface area contributed by atoms with E-state index in [2.05, 4.69) is 18.0 Å². The molecule has 2 rings (SSSR count). The zero-order chi connectivity index (χ0) is 17.0. The largest absolute Gasteiger partial charge is 0.366 e. The maximum atomic E-state index is 6.58. The van der Waals surface area contributed by atoms with Crippen molar-refractivity contribution in [2.45, 2.75) is 13.8 Å². The minimum Gasteiger partial charge on any atom is -0.366 e. The van der Waals surface area contributed by atoms with Crippen molar-refractivity contribution in [3.8, 4) is 0 Å². The molecule has 0 unspecified atom stereocenters. The van der Waals surface area contributed by atoms with E-state index < -0.39 is 0 Å². The highest BCUT2D eigenvalue weighted by Crippen LogP contribution is 2.38. The fourth-order valence-electron chi connectivity index (χ4n) is 2.12. The van der Waals surface area contributed by atoms with Crippen molar-refractivity contribution in [2.24, 2.45) is 4.99 Å². The van der Waals surface area contributed by atoms with Crippen LogP contribution in [-0.4, -0.2) is 31.9 Å². The van der Waals surface area contributed by atoms with Gasteiger partial charge in [0, 0.05) is 31.4 Å². The quantitative estimate of drug-likeness (QED) is 0.510. The summed E-state index contributed by atoms with van der Waals surface area (Å²) in [6.45, 7) is 5.01. The summed E-state index contributed by atoms with van der Waals surface area (Å²) in [5, 5.41) is 1.35. The third-order valence-electron chi connectivity index (χ3n) is 3.65. The minimum absolute atomic E-state index is 0.633. The molecule has 0 atom stereocenters. The van der Waals surface area contributed by atoms with E-state index >= 15 is 0 Å². The number of halogens is 2. The second-order valence-electron chi connectivity index (χ2n) is 5.47. The van der Waals surface area contributed by atoms with E-state index in [0.29, 0.717) is 10.0 Å². The molecule has 0 radical (unpaired) electrons. The molecule has 2 aromatic carbocycles. The monoisotopic (exact) mass is 349 g/mol. The molecular weight excluding hydrogens is 329 g/mol. The van der Waals surface area contributed by atoms with Gasteiger partial charge in [0.2, 0.25) is 0 Å². The van der Waals surface area contributed by atoms with E-state index in [1.54, 1.807) is 6.34 Å². The SMILES string of the molecule is CCN(C)C=Nc1cc(C)cc(N(C)c2ccc(Cl)cc2)c1Cl. The van der Waals surface area contributed by atoms with Crippen LogP contribution in [0.1, 0.15) is 12.5 Å². The zero-order valence-electron chi connectivity index (χ0n) is 13.8. The maximum absolute atomic E-state index is 6.58. The highest BCUT2D eigenvalue weighted by atomic mass is 35.5. The summed E-state index contributed by atoms with van der Waals surface area (Å²) in [5.41, 5.74) is 3.81. The second kappa shape index (κ2) is 7.71. The van der Waals surface area contributed by atoms with Crippen LogP contribution in [0.5, 0.6) is 0 Å². The van der Waals surface area contributed by atoms with Crippen molar-refractivity contribution in [3.05, 3.63) is 52.0 Å². The van der Waals surface area contributed by atoms with Crippen LogP contribution in [0.15, 0.2) is 41.4 Å². The summed E-state index contributed by atoms with van der Waals surface area (Å²) in [7, 11) is 3.96. The second-order valence-corrected chi connectivity index (χ2v) is 6.28. The molecule has 0 amide bonds.